The van der Waals surface area contributed by atoms with Crippen LogP contribution in [0.5, 0.6) is 0 Å². The highest BCUT2D eigenvalue weighted by molar-refractivity contribution is 5.93. The zero-order valence-electron chi connectivity index (χ0n) is 10.7. The Hall–Kier alpha value is -2.29. The van der Waals surface area contributed by atoms with E-state index in [0.717, 1.165) is 12.8 Å². The molecule has 0 spiro atoms. The predicted molar refractivity (Wildman–Crippen MR) is 69.5 cm³/mol. The molecule has 1 aromatic heterocycles. The highest BCUT2D eigenvalue weighted by Crippen LogP contribution is 2.30. The smallest absolute Gasteiger partial charge is 0.323 e. The van der Waals surface area contributed by atoms with Crippen LogP contribution < -0.4 is 0 Å². The van der Waals surface area contributed by atoms with Crippen LogP contribution in [-0.2, 0) is 7.05 Å². The molecule has 0 atom stereocenters. The predicted octanol–water partition coefficient (Wildman–Crippen LogP) is 1.42. The van der Waals surface area contributed by atoms with Gasteiger partial charge in [-0.15, -0.1) is 6.42 Å². The van der Waals surface area contributed by atoms with Gasteiger partial charge in [0, 0.05) is 12.6 Å². The van der Waals surface area contributed by atoms with Crippen molar-refractivity contribution in [1.82, 2.24) is 9.47 Å². The standard InChI is InChI=1S/C13H15N3O3/c1-3-8-15(9-10-4-5-10)13(17)11-6-7-12(14(11)2)16(18)19/h1,6-7,10H,4-5,8-9H2,2H3. The Morgan fingerprint density at radius 3 is 2.79 bits per heavy atom. The van der Waals surface area contributed by atoms with Crippen LogP contribution in [-0.4, -0.2) is 33.4 Å². The van der Waals surface area contributed by atoms with Crippen LogP contribution in [0.1, 0.15) is 23.3 Å². The molecule has 0 aliphatic heterocycles. The van der Waals surface area contributed by atoms with Crippen LogP contribution in [0, 0.1) is 28.4 Å². The molecule has 6 nitrogen and oxygen atoms in total. The number of terminal acetylenes is 1. The van der Waals surface area contributed by atoms with E-state index in [1.54, 1.807) is 4.90 Å². The fourth-order valence-electron chi connectivity index (χ4n) is 2.00. The van der Waals surface area contributed by atoms with Crippen molar-refractivity contribution in [1.29, 1.82) is 0 Å². The van der Waals surface area contributed by atoms with Gasteiger partial charge in [0.1, 0.15) is 0 Å². The molecule has 1 fully saturated rings. The molecule has 1 aliphatic rings. The Morgan fingerprint density at radius 2 is 2.32 bits per heavy atom. The van der Waals surface area contributed by atoms with Crippen molar-refractivity contribution >= 4 is 11.7 Å². The maximum absolute atomic E-state index is 12.3. The average Bonchev–Trinajstić information content (AvgIpc) is 3.09. The molecule has 0 unspecified atom stereocenters. The summed E-state index contributed by atoms with van der Waals surface area (Å²) in [5.41, 5.74) is 0.294. The number of carbonyl (C=O) groups excluding carboxylic acids is 1. The number of rotatable bonds is 5. The Bertz CT molecular complexity index is 552. The van der Waals surface area contributed by atoms with Crippen molar-refractivity contribution in [3.63, 3.8) is 0 Å². The van der Waals surface area contributed by atoms with E-state index < -0.39 is 4.92 Å². The Labute approximate surface area is 111 Å². The third-order valence-electron chi connectivity index (χ3n) is 3.25. The molecule has 19 heavy (non-hydrogen) atoms. The first-order valence-corrected chi connectivity index (χ1v) is 6.07. The second-order valence-electron chi connectivity index (χ2n) is 4.73. The van der Waals surface area contributed by atoms with E-state index in [0.29, 0.717) is 18.2 Å². The summed E-state index contributed by atoms with van der Waals surface area (Å²) in [7, 11) is 1.51. The first-order valence-electron chi connectivity index (χ1n) is 6.07. The molecule has 1 saturated carbocycles. The number of hydrogen-bond donors (Lipinski definition) is 0. The number of nitro groups is 1. The SMILES string of the molecule is C#CCN(CC1CC1)C(=O)c1ccc([N+](=O)[O-])n1C. The van der Waals surface area contributed by atoms with Gasteiger partial charge < -0.3 is 15.0 Å². The molecule has 0 N–H and O–H groups in total. The van der Waals surface area contributed by atoms with Gasteiger partial charge in [0.25, 0.3) is 5.91 Å². The molecular weight excluding hydrogens is 246 g/mol. The van der Waals surface area contributed by atoms with Crippen molar-refractivity contribution in [2.75, 3.05) is 13.1 Å². The number of hydrogen-bond acceptors (Lipinski definition) is 3. The fourth-order valence-corrected chi connectivity index (χ4v) is 2.00. The van der Waals surface area contributed by atoms with E-state index in [1.165, 1.54) is 23.7 Å². The third kappa shape index (κ3) is 2.76. The summed E-state index contributed by atoms with van der Waals surface area (Å²) < 4.78 is 1.29. The summed E-state index contributed by atoms with van der Waals surface area (Å²) in [6.07, 6.45) is 7.50. The number of carbonyl (C=O) groups is 1. The van der Waals surface area contributed by atoms with E-state index in [4.69, 9.17) is 6.42 Å². The molecule has 2 rings (SSSR count). The summed E-state index contributed by atoms with van der Waals surface area (Å²) in [4.78, 5) is 24.2. The summed E-state index contributed by atoms with van der Waals surface area (Å²) >= 11 is 0. The maximum Gasteiger partial charge on any atom is 0.323 e. The first kappa shape index (κ1) is 13.1. The zero-order chi connectivity index (χ0) is 14.0. The van der Waals surface area contributed by atoms with E-state index in [9.17, 15) is 14.9 Å². The summed E-state index contributed by atoms with van der Waals surface area (Å²) in [6, 6.07) is 2.80. The highest BCUT2D eigenvalue weighted by Gasteiger charge is 2.30. The molecule has 0 saturated heterocycles. The quantitative estimate of drug-likeness (QED) is 0.457. The molecule has 100 valence electrons. The monoisotopic (exact) mass is 261 g/mol. The van der Waals surface area contributed by atoms with Crippen molar-refractivity contribution in [3.8, 4) is 12.3 Å². The summed E-state index contributed by atoms with van der Waals surface area (Å²) in [6.45, 7) is 0.857. The normalized spacial score (nSPS) is 13.9. The van der Waals surface area contributed by atoms with Crippen molar-refractivity contribution in [3.05, 3.63) is 27.9 Å². The molecule has 1 heterocycles. The van der Waals surface area contributed by atoms with Crippen LogP contribution in [0.2, 0.25) is 0 Å². The van der Waals surface area contributed by atoms with Crippen molar-refractivity contribution < 1.29 is 9.72 Å². The maximum atomic E-state index is 12.3. The molecule has 6 heteroatoms. The van der Waals surface area contributed by atoms with E-state index in [-0.39, 0.29) is 18.3 Å². The lowest BCUT2D eigenvalue weighted by atomic mass is 10.3. The van der Waals surface area contributed by atoms with Gasteiger partial charge in [-0.3, -0.25) is 4.79 Å². The molecule has 1 aliphatic carbocycles. The van der Waals surface area contributed by atoms with Gasteiger partial charge in [-0.25, -0.2) is 4.57 Å². The summed E-state index contributed by atoms with van der Waals surface area (Å²) in [5.74, 6) is 2.63. The summed E-state index contributed by atoms with van der Waals surface area (Å²) in [5, 5.41) is 10.8. The molecule has 1 amide bonds. The minimum absolute atomic E-state index is 0.101. The second kappa shape index (κ2) is 5.14. The Balaban J connectivity index is 2.20. The van der Waals surface area contributed by atoms with Gasteiger partial charge in [-0.05, 0) is 29.7 Å². The van der Waals surface area contributed by atoms with Gasteiger partial charge in [0.2, 0.25) is 0 Å². The Kier molecular flexibility index (Phi) is 3.56. The lowest BCUT2D eigenvalue weighted by Gasteiger charge is -2.18. The number of aromatic nitrogens is 1. The minimum Gasteiger partial charge on any atom is -0.358 e. The van der Waals surface area contributed by atoms with E-state index in [2.05, 4.69) is 5.92 Å². The van der Waals surface area contributed by atoms with Crippen LogP contribution in [0.15, 0.2) is 12.1 Å². The number of nitrogens with zero attached hydrogens (tertiary/aromatic N) is 3. The Morgan fingerprint density at radius 1 is 1.63 bits per heavy atom. The van der Waals surface area contributed by atoms with Gasteiger partial charge in [-0.1, -0.05) is 5.92 Å². The molecular formula is C13H15N3O3. The lowest BCUT2D eigenvalue weighted by Crippen LogP contribution is -2.34. The third-order valence-corrected chi connectivity index (χ3v) is 3.25. The minimum atomic E-state index is -0.511. The van der Waals surface area contributed by atoms with Crippen LogP contribution >= 0.6 is 0 Å². The van der Waals surface area contributed by atoms with Crippen LogP contribution in [0.25, 0.3) is 0 Å². The highest BCUT2D eigenvalue weighted by atomic mass is 16.6. The van der Waals surface area contributed by atoms with Gasteiger partial charge in [0.05, 0.1) is 13.6 Å². The van der Waals surface area contributed by atoms with E-state index in [1.807, 2.05) is 0 Å². The van der Waals surface area contributed by atoms with Crippen LogP contribution in [0.4, 0.5) is 5.82 Å². The largest absolute Gasteiger partial charge is 0.358 e. The van der Waals surface area contributed by atoms with Gasteiger partial charge in [0.15, 0.2) is 5.69 Å². The number of amides is 1. The average molecular weight is 261 g/mol. The molecule has 0 aromatic carbocycles. The fraction of sp³-hybridized carbons (Fsp3) is 0.462. The lowest BCUT2D eigenvalue weighted by molar-refractivity contribution is -0.391. The second-order valence-corrected chi connectivity index (χ2v) is 4.73. The zero-order valence-corrected chi connectivity index (χ0v) is 10.7. The molecule has 0 bridgehead atoms. The molecule has 1 aromatic rings. The van der Waals surface area contributed by atoms with E-state index >= 15 is 0 Å². The van der Waals surface area contributed by atoms with Gasteiger partial charge >= 0.3 is 5.82 Å². The van der Waals surface area contributed by atoms with Crippen LogP contribution in [0.3, 0.4) is 0 Å². The first-order chi connectivity index (χ1) is 9.04. The van der Waals surface area contributed by atoms with Crippen molar-refractivity contribution in [2.45, 2.75) is 12.8 Å². The van der Waals surface area contributed by atoms with Crippen molar-refractivity contribution in [2.24, 2.45) is 13.0 Å². The molecule has 0 radical (unpaired) electrons. The topological polar surface area (TPSA) is 68.4 Å². The van der Waals surface area contributed by atoms with Gasteiger partial charge in [-0.2, -0.15) is 0 Å².